The molecule has 2 aromatic rings. The fraction of sp³-hybridized carbons (Fsp3) is 0.333. The molecule has 0 bridgehead atoms. The summed E-state index contributed by atoms with van der Waals surface area (Å²) in [5.41, 5.74) is 3.81. The number of benzene rings is 2. The van der Waals surface area contributed by atoms with E-state index >= 15 is 0 Å². The normalized spacial score (nSPS) is 22.2. The van der Waals surface area contributed by atoms with Crippen molar-refractivity contribution in [2.24, 2.45) is 0 Å². The zero-order chi connectivity index (χ0) is 17.3. The van der Waals surface area contributed by atoms with Crippen LogP contribution in [0.3, 0.4) is 0 Å². The molecule has 1 heterocycles. The van der Waals surface area contributed by atoms with Crippen molar-refractivity contribution in [2.45, 2.75) is 37.5 Å². The maximum Gasteiger partial charge on any atom is 0.236 e. The molecule has 4 heteroatoms. The van der Waals surface area contributed by atoms with Gasteiger partial charge in [-0.3, -0.25) is 9.59 Å². The summed E-state index contributed by atoms with van der Waals surface area (Å²) in [6.45, 7) is 0.340. The van der Waals surface area contributed by atoms with E-state index in [9.17, 15) is 9.59 Å². The molecule has 2 aliphatic rings. The molecule has 1 aliphatic heterocycles. The van der Waals surface area contributed by atoms with Gasteiger partial charge in [0.15, 0.2) is 0 Å². The standard InChI is InChI=1S/C21H22N2O2/c24-19-11-12-21(14-22-19,17-7-2-1-3-8-17)20(25)23-18-10-9-15-5-4-6-16(15)13-18/h1-3,7-10,13H,4-6,11-12,14H2,(H,22,24)(H,23,25)/t21-/m1/s1. The number of aryl methyl sites for hydroxylation is 2. The summed E-state index contributed by atoms with van der Waals surface area (Å²) in [5.74, 6) is -0.0338. The van der Waals surface area contributed by atoms with Gasteiger partial charge in [-0.25, -0.2) is 0 Å². The van der Waals surface area contributed by atoms with E-state index in [4.69, 9.17) is 0 Å². The molecule has 2 amide bonds. The first-order valence-electron chi connectivity index (χ1n) is 8.93. The molecule has 2 N–H and O–H groups in total. The van der Waals surface area contributed by atoms with Crippen LogP contribution in [0.25, 0.3) is 0 Å². The maximum atomic E-state index is 13.2. The van der Waals surface area contributed by atoms with Gasteiger partial charge in [-0.2, -0.15) is 0 Å². The van der Waals surface area contributed by atoms with Crippen molar-refractivity contribution in [3.63, 3.8) is 0 Å². The molecule has 0 radical (unpaired) electrons. The molecular weight excluding hydrogens is 312 g/mol. The lowest BCUT2D eigenvalue weighted by molar-refractivity contribution is -0.127. The lowest BCUT2D eigenvalue weighted by Crippen LogP contribution is -2.53. The fourth-order valence-corrected chi connectivity index (χ4v) is 3.98. The van der Waals surface area contributed by atoms with Crippen LogP contribution in [-0.2, 0) is 27.8 Å². The average Bonchev–Trinajstić information content (AvgIpc) is 3.11. The third-order valence-electron chi connectivity index (χ3n) is 5.48. The molecule has 1 aliphatic carbocycles. The van der Waals surface area contributed by atoms with Gasteiger partial charge in [-0.15, -0.1) is 0 Å². The van der Waals surface area contributed by atoms with Crippen LogP contribution in [0, 0.1) is 0 Å². The topological polar surface area (TPSA) is 58.2 Å². The average molecular weight is 334 g/mol. The van der Waals surface area contributed by atoms with Gasteiger partial charge < -0.3 is 10.6 Å². The number of hydrogen-bond acceptors (Lipinski definition) is 2. The molecule has 25 heavy (non-hydrogen) atoms. The van der Waals surface area contributed by atoms with E-state index in [1.165, 1.54) is 17.5 Å². The molecule has 1 atom stereocenters. The Morgan fingerprint density at radius 1 is 1.00 bits per heavy atom. The van der Waals surface area contributed by atoms with Crippen LogP contribution in [-0.4, -0.2) is 18.4 Å². The van der Waals surface area contributed by atoms with Gasteiger partial charge in [0.25, 0.3) is 0 Å². The van der Waals surface area contributed by atoms with E-state index in [0.717, 1.165) is 24.1 Å². The summed E-state index contributed by atoms with van der Waals surface area (Å²) >= 11 is 0. The Kier molecular flexibility index (Phi) is 4.04. The molecule has 1 saturated heterocycles. The molecule has 0 aromatic heterocycles. The van der Waals surface area contributed by atoms with Crippen LogP contribution in [0.1, 0.15) is 36.0 Å². The lowest BCUT2D eigenvalue weighted by Gasteiger charge is -2.36. The predicted molar refractivity (Wildman–Crippen MR) is 97.5 cm³/mol. The zero-order valence-corrected chi connectivity index (χ0v) is 14.2. The number of amides is 2. The van der Waals surface area contributed by atoms with Crippen molar-refractivity contribution in [1.82, 2.24) is 5.32 Å². The number of carbonyl (C=O) groups is 2. The van der Waals surface area contributed by atoms with E-state index < -0.39 is 5.41 Å². The van der Waals surface area contributed by atoms with Gasteiger partial charge >= 0.3 is 0 Å². The highest BCUT2D eigenvalue weighted by molar-refractivity contribution is 6.01. The molecule has 0 unspecified atom stereocenters. The predicted octanol–water partition coefficient (Wildman–Crippen LogP) is 2.96. The van der Waals surface area contributed by atoms with Gasteiger partial charge in [0.1, 0.15) is 0 Å². The minimum Gasteiger partial charge on any atom is -0.355 e. The number of carbonyl (C=O) groups excluding carboxylic acids is 2. The van der Waals surface area contributed by atoms with Crippen molar-refractivity contribution in [2.75, 3.05) is 11.9 Å². The highest BCUT2D eigenvalue weighted by atomic mass is 16.2. The Bertz CT molecular complexity index is 804. The Morgan fingerprint density at radius 2 is 1.80 bits per heavy atom. The summed E-state index contributed by atoms with van der Waals surface area (Å²) in [6, 6.07) is 16.0. The number of piperidine rings is 1. The van der Waals surface area contributed by atoms with Crippen molar-refractivity contribution in [3.8, 4) is 0 Å². The van der Waals surface area contributed by atoms with Crippen LogP contribution in [0.15, 0.2) is 48.5 Å². The lowest BCUT2D eigenvalue weighted by atomic mass is 9.73. The Labute approximate surface area is 147 Å². The van der Waals surface area contributed by atoms with Crippen molar-refractivity contribution in [3.05, 3.63) is 65.2 Å². The molecule has 1 fully saturated rings. The van der Waals surface area contributed by atoms with E-state index in [-0.39, 0.29) is 11.8 Å². The smallest absolute Gasteiger partial charge is 0.236 e. The van der Waals surface area contributed by atoms with Crippen LogP contribution in [0.2, 0.25) is 0 Å². The van der Waals surface area contributed by atoms with Gasteiger partial charge in [0.05, 0.1) is 5.41 Å². The van der Waals surface area contributed by atoms with E-state index in [2.05, 4.69) is 22.8 Å². The fourth-order valence-electron chi connectivity index (χ4n) is 3.98. The number of nitrogens with one attached hydrogen (secondary N) is 2. The number of anilines is 1. The number of rotatable bonds is 3. The molecule has 2 aromatic carbocycles. The first kappa shape index (κ1) is 15.9. The van der Waals surface area contributed by atoms with Gasteiger partial charge in [-0.05, 0) is 54.5 Å². The third kappa shape index (κ3) is 2.93. The summed E-state index contributed by atoms with van der Waals surface area (Å²) in [4.78, 5) is 24.9. The second kappa shape index (κ2) is 6.36. The molecule has 0 spiro atoms. The van der Waals surface area contributed by atoms with Crippen LogP contribution < -0.4 is 10.6 Å². The largest absolute Gasteiger partial charge is 0.355 e. The molecule has 128 valence electrons. The molecule has 4 rings (SSSR count). The third-order valence-corrected chi connectivity index (χ3v) is 5.48. The highest BCUT2D eigenvalue weighted by Crippen LogP contribution is 2.33. The minimum absolute atomic E-state index is 0.0110. The minimum atomic E-state index is -0.714. The second-order valence-electron chi connectivity index (χ2n) is 7.02. The highest BCUT2D eigenvalue weighted by Gasteiger charge is 2.43. The first-order chi connectivity index (χ1) is 12.2. The van der Waals surface area contributed by atoms with Gasteiger partial charge in [0, 0.05) is 18.7 Å². The maximum absolute atomic E-state index is 13.2. The quantitative estimate of drug-likeness (QED) is 0.907. The van der Waals surface area contributed by atoms with Gasteiger partial charge in [-0.1, -0.05) is 36.4 Å². The van der Waals surface area contributed by atoms with E-state index in [1.807, 2.05) is 36.4 Å². The first-order valence-corrected chi connectivity index (χ1v) is 8.93. The Morgan fingerprint density at radius 3 is 2.56 bits per heavy atom. The Balaban J connectivity index is 1.63. The molecule has 0 saturated carbocycles. The summed E-state index contributed by atoms with van der Waals surface area (Å²) < 4.78 is 0. The Hall–Kier alpha value is -2.62. The summed E-state index contributed by atoms with van der Waals surface area (Å²) in [6.07, 6.45) is 4.29. The van der Waals surface area contributed by atoms with Crippen molar-refractivity contribution >= 4 is 17.5 Å². The van der Waals surface area contributed by atoms with E-state index in [1.54, 1.807) is 0 Å². The molecule has 4 nitrogen and oxygen atoms in total. The van der Waals surface area contributed by atoms with E-state index in [0.29, 0.717) is 19.4 Å². The van der Waals surface area contributed by atoms with Crippen LogP contribution in [0.5, 0.6) is 0 Å². The summed E-state index contributed by atoms with van der Waals surface area (Å²) in [7, 11) is 0. The monoisotopic (exact) mass is 334 g/mol. The van der Waals surface area contributed by atoms with Crippen molar-refractivity contribution in [1.29, 1.82) is 0 Å². The van der Waals surface area contributed by atoms with Crippen molar-refractivity contribution < 1.29 is 9.59 Å². The van der Waals surface area contributed by atoms with Gasteiger partial charge in [0.2, 0.25) is 11.8 Å². The number of hydrogen-bond donors (Lipinski definition) is 2. The summed E-state index contributed by atoms with van der Waals surface area (Å²) in [5, 5.41) is 5.99. The SMILES string of the molecule is O=C1CC[C@](C(=O)Nc2ccc3c(c2)CCC3)(c2ccccc2)CN1. The second-order valence-corrected chi connectivity index (χ2v) is 7.02. The molecular formula is C21H22N2O2. The zero-order valence-electron chi connectivity index (χ0n) is 14.2. The number of fused-ring (bicyclic) bond motifs is 1. The van der Waals surface area contributed by atoms with Crippen LogP contribution in [0.4, 0.5) is 5.69 Å². The van der Waals surface area contributed by atoms with Crippen LogP contribution >= 0.6 is 0 Å².